The number of carbonyl (C=O) groups is 1. The third-order valence-electron chi connectivity index (χ3n) is 4.19. The number of carbonyl (C=O) groups excluding carboxylic acids is 1. The Morgan fingerprint density at radius 3 is 2.95 bits per heavy atom. The van der Waals surface area contributed by atoms with Gasteiger partial charge in [0.25, 0.3) is 0 Å². The lowest BCUT2D eigenvalue weighted by Gasteiger charge is -2.31. The van der Waals surface area contributed by atoms with Gasteiger partial charge in [-0.3, -0.25) is 9.80 Å². The van der Waals surface area contributed by atoms with Crippen molar-refractivity contribution in [3.63, 3.8) is 0 Å². The van der Waals surface area contributed by atoms with Gasteiger partial charge in [0.2, 0.25) is 0 Å². The van der Waals surface area contributed by atoms with E-state index in [1.54, 1.807) is 12.5 Å². The number of rotatable bonds is 1. The summed E-state index contributed by atoms with van der Waals surface area (Å²) in [5.74, 6) is 0.358. The minimum Gasteiger partial charge on any atom is -0.297 e. The highest BCUT2D eigenvalue weighted by molar-refractivity contribution is 6.08. The Hall–Kier alpha value is -2.36. The summed E-state index contributed by atoms with van der Waals surface area (Å²) in [6, 6.07) is 7.97. The van der Waals surface area contributed by atoms with Crippen LogP contribution >= 0.6 is 0 Å². The van der Waals surface area contributed by atoms with Crippen molar-refractivity contribution in [2.75, 3.05) is 5.01 Å². The maximum Gasteiger partial charge on any atom is 0.164 e. The lowest BCUT2D eigenvalue weighted by atomic mass is 9.85. The van der Waals surface area contributed by atoms with Gasteiger partial charge in [-0.2, -0.15) is 0 Å². The molecule has 0 bridgehead atoms. The van der Waals surface area contributed by atoms with E-state index in [4.69, 9.17) is 0 Å². The first-order valence-electron chi connectivity index (χ1n) is 6.88. The van der Waals surface area contributed by atoms with Crippen LogP contribution in [0, 0.1) is 5.92 Å². The zero-order valence-electron chi connectivity index (χ0n) is 11.2. The first kappa shape index (κ1) is 11.5. The van der Waals surface area contributed by atoms with E-state index in [0.717, 1.165) is 23.2 Å². The third kappa shape index (κ3) is 1.42. The second-order valence-electron chi connectivity index (χ2n) is 5.41. The lowest BCUT2D eigenvalue weighted by Crippen LogP contribution is -2.44. The van der Waals surface area contributed by atoms with Crippen LogP contribution in [0.2, 0.25) is 0 Å². The van der Waals surface area contributed by atoms with Crippen LogP contribution in [0.15, 0.2) is 49.1 Å². The standard InChI is InChI=1S/C16H15N3O/c1-11-6-7-13-12-4-2-3-5-14(12)19(15(13)16(11)20)18-9-8-17-10-18/h2-5,7-11,15H,6H2,1H3. The molecule has 4 nitrogen and oxygen atoms in total. The second kappa shape index (κ2) is 4.07. The summed E-state index contributed by atoms with van der Waals surface area (Å²) in [5, 5.41) is 2.05. The van der Waals surface area contributed by atoms with Crippen LogP contribution in [0.5, 0.6) is 0 Å². The van der Waals surface area contributed by atoms with E-state index < -0.39 is 0 Å². The molecule has 2 atom stereocenters. The Balaban J connectivity index is 1.95. The monoisotopic (exact) mass is 265 g/mol. The molecule has 1 aromatic carbocycles. The van der Waals surface area contributed by atoms with E-state index in [0.29, 0.717) is 0 Å². The summed E-state index contributed by atoms with van der Waals surface area (Å²) >= 11 is 0. The minimum atomic E-state index is -0.217. The number of para-hydroxylation sites is 1. The molecule has 0 saturated carbocycles. The van der Waals surface area contributed by atoms with Crippen LogP contribution in [0.25, 0.3) is 5.57 Å². The van der Waals surface area contributed by atoms with Crippen molar-refractivity contribution in [1.29, 1.82) is 0 Å². The van der Waals surface area contributed by atoms with Crippen LogP contribution in [-0.4, -0.2) is 21.5 Å². The van der Waals surface area contributed by atoms with Gasteiger partial charge in [0.05, 0.1) is 5.69 Å². The predicted octanol–water partition coefficient (Wildman–Crippen LogP) is 2.53. The van der Waals surface area contributed by atoms with Gasteiger partial charge in [0.1, 0.15) is 12.4 Å². The number of aromatic nitrogens is 2. The Morgan fingerprint density at radius 1 is 1.30 bits per heavy atom. The fraction of sp³-hybridized carbons (Fsp3) is 0.250. The number of benzene rings is 1. The Bertz CT molecular complexity index is 702. The molecule has 0 amide bonds. The summed E-state index contributed by atoms with van der Waals surface area (Å²) < 4.78 is 1.90. The van der Waals surface area contributed by atoms with E-state index in [-0.39, 0.29) is 17.7 Å². The number of anilines is 1. The van der Waals surface area contributed by atoms with Crippen molar-refractivity contribution in [2.45, 2.75) is 19.4 Å². The average molecular weight is 265 g/mol. The van der Waals surface area contributed by atoms with E-state index >= 15 is 0 Å². The van der Waals surface area contributed by atoms with Gasteiger partial charge in [0, 0.05) is 23.9 Å². The number of imidazole rings is 1. The molecule has 2 unspecified atom stereocenters. The molecular formula is C16H15N3O. The van der Waals surface area contributed by atoms with Gasteiger partial charge in [-0.05, 0) is 18.1 Å². The molecule has 2 aliphatic rings. The molecule has 2 aromatic rings. The highest BCUT2D eigenvalue weighted by atomic mass is 16.1. The highest BCUT2D eigenvalue weighted by Crippen LogP contribution is 2.44. The second-order valence-corrected chi connectivity index (χ2v) is 5.41. The number of fused-ring (bicyclic) bond motifs is 3. The zero-order chi connectivity index (χ0) is 13.7. The van der Waals surface area contributed by atoms with Crippen LogP contribution in [0.1, 0.15) is 18.9 Å². The van der Waals surface area contributed by atoms with E-state index in [9.17, 15) is 4.79 Å². The summed E-state index contributed by atoms with van der Waals surface area (Å²) in [6.45, 7) is 2.00. The summed E-state index contributed by atoms with van der Waals surface area (Å²) in [5.41, 5.74) is 3.37. The SMILES string of the molecule is CC1CC=C2c3ccccc3N(n3ccnc3)C2C1=O. The normalized spacial score (nSPS) is 24.4. The van der Waals surface area contributed by atoms with E-state index in [1.807, 2.05) is 34.9 Å². The molecule has 1 aliphatic carbocycles. The molecule has 0 saturated heterocycles. The van der Waals surface area contributed by atoms with E-state index in [1.165, 1.54) is 0 Å². The summed E-state index contributed by atoms with van der Waals surface area (Å²) in [7, 11) is 0. The maximum atomic E-state index is 12.7. The van der Waals surface area contributed by atoms with Gasteiger partial charge in [-0.25, -0.2) is 9.66 Å². The van der Waals surface area contributed by atoms with Crippen molar-refractivity contribution < 1.29 is 4.79 Å². The Labute approximate surface area is 117 Å². The van der Waals surface area contributed by atoms with Crippen molar-refractivity contribution in [1.82, 2.24) is 9.66 Å². The predicted molar refractivity (Wildman–Crippen MR) is 77.1 cm³/mol. The molecule has 2 heterocycles. The Morgan fingerprint density at radius 2 is 2.15 bits per heavy atom. The molecule has 4 heteroatoms. The minimum absolute atomic E-state index is 0.0732. The van der Waals surface area contributed by atoms with Gasteiger partial charge in [0.15, 0.2) is 5.78 Å². The fourth-order valence-corrected chi connectivity index (χ4v) is 3.16. The lowest BCUT2D eigenvalue weighted by molar-refractivity contribution is -0.122. The van der Waals surface area contributed by atoms with Crippen molar-refractivity contribution in [3.05, 3.63) is 54.6 Å². The molecule has 4 rings (SSSR count). The van der Waals surface area contributed by atoms with Gasteiger partial charge < -0.3 is 0 Å². The summed E-state index contributed by atoms with van der Waals surface area (Å²) in [4.78, 5) is 16.8. The molecule has 0 N–H and O–H groups in total. The summed E-state index contributed by atoms with van der Waals surface area (Å²) in [6.07, 6.45) is 8.41. The topological polar surface area (TPSA) is 38.1 Å². The van der Waals surface area contributed by atoms with Crippen molar-refractivity contribution in [3.8, 4) is 0 Å². The maximum absolute atomic E-state index is 12.7. The molecule has 100 valence electrons. The van der Waals surface area contributed by atoms with Crippen LogP contribution in [-0.2, 0) is 4.79 Å². The molecule has 20 heavy (non-hydrogen) atoms. The quantitative estimate of drug-likeness (QED) is 0.795. The smallest absolute Gasteiger partial charge is 0.164 e. The Kier molecular flexibility index (Phi) is 2.33. The molecule has 1 aliphatic heterocycles. The fourth-order valence-electron chi connectivity index (χ4n) is 3.16. The number of hydrogen-bond donors (Lipinski definition) is 0. The zero-order valence-corrected chi connectivity index (χ0v) is 11.2. The molecule has 0 spiro atoms. The first-order valence-corrected chi connectivity index (χ1v) is 6.88. The number of allylic oxidation sites excluding steroid dienone is 1. The number of hydrogen-bond acceptors (Lipinski definition) is 3. The highest BCUT2D eigenvalue weighted by Gasteiger charge is 2.43. The first-order chi connectivity index (χ1) is 9.77. The number of nitrogens with zero attached hydrogens (tertiary/aromatic N) is 3. The molecular weight excluding hydrogens is 250 g/mol. The van der Waals surface area contributed by atoms with Gasteiger partial charge in [-0.1, -0.05) is 31.2 Å². The third-order valence-corrected chi connectivity index (χ3v) is 4.19. The van der Waals surface area contributed by atoms with Crippen LogP contribution in [0.3, 0.4) is 0 Å². The molecule has 0 radical (unpaired) electrons. The largest absolute Gasteiger partial charge is 0.297 e. The number of ketones is 1. The van der Waals surface area contributed by atoms with Crippen molar-refractivity contribution in [2.24, 2.45) is 5.92 Å². The number of Topliss-reactive ketones (excluding diaryl/α,β-unsaturated/α-hetero) is 1. The van der Waals surface area contributed by atoms with Gasteiger partial charge >= 0.3 is 0 Å². The van der Waals surface area contributed by atoms with Crippen LogP contribution < -0.4 is 5.01 Å². The molecule has 1 aromatic heterocycles. The average Bonchev–Trinajstić information content (AvgIpc) is 3.08. The van der Waals surface area contributed by atoms with E-state index in [2.05, 4.69) is 23.2 Å². The molecule has 0 fully saturated rings. The van der Waals surface area contributed by atoms with Crippen LogP contribution in [0.4, 0.5) is 5.69 Å². The van der Waals surface area contributed by atoms with Crippen molar-refractivity contribution >= 4 is 17.0 Å². The van der Waals surface area contributed by atoms with Gasteiger partial charge in [-0.15, -0.1) is 0 Å².